The molecule has 0 heterocycles. The Morgan fingerprint density at radius 2 is 0.193 bits per heavy atom. The third-order valence-electron chi connectivity index (χ3n) is 8.61. The van der Waals surface area contributed by atoms with Gasteiger partial charge in [-0.1, -0.05) is 0 Å². The van der Waals surface area contributed by atoms with Gasteiger partial charge >= 0.3 is 137 Å². The van der Waals surface area contributed by atoms with Crippen molar-refractivity contribution in [1.29, 1.82) is 0 Å². The number of rotatable bonds is 34. The van der Waals surface area contributed by atoms with E-state index in [0.29, 0.717) is 0 Å². The van der Waals surface area contributed by atoms with Gasteiger partial charge in [0.2, 0.25) is 0 Å². The predicted molar refractivity (Wildman–Crippen MR) is 396 cm³/mol. The molecule has 39 heteroatoms. The standard InChI is InChI=1S/C22H66O9Si10.C13H40O6Si6.C9H28O4Si4/c1-32(2,3)23-34(7,8)25-36(11,12)27-38(15,16)29-40(19,20)31-41(21,22)30-39(17,18)28-37(13,14)26-35(9,10)24-33(4,5)6;1-20(2,3)15-22(6,7)17-24(10,11)19-25(12,13)18-23(8,9)16-21(4,5)14;1-14(2,3)11-16(6,7)13-17(8,9)12-15(4,5)10/h1-22H3;14H,1-13H3;10H,1-9H3. The fourth-order valence-electron chi connectivity index (χ4n) is 11.0. The van der Waals surface area contributed by atoms with Crippen molar-refractivity contribution in [1.82, 2.24) is 0 Å². The molecule has 0 radical (unpaired) electrons. The molecule has 0 fully saturated rings. The zero-order chi connectivity index (χ0) is 68.0. The van der Waals surface area contributed by atoms with Crippen LogP contribution in [0.15, 0.2) is 0 Å². The molecule has 0 saturated carbocycles. The topological polar surface area (TPSA) is 197 Å². The molecule has 0 bridgehead atoms. The van der Waals surface area contributed by atoms with Crippen molar-refractivity contribution in [2.45, 2.75) is 288 Å². The van der Waals surface area contributed by atoms with Crippen molar-refractivity contribution >= 4 is 170 Å². The van der Waals surface area contributed by atoms with Gasteiger partial charge in [-0.2, -0.15) is 0 Å². The Morgan fingerprint density at radius 3 is 0.265 bits per heavy atom. The Kier molecular flexibility index (Phi) is 33.9. The summed E-state index contributed by atoms with van der Waals surface area (Å²) < 4.78 is 109. The van der Waals surface area contributed by atoms with Gasteiger partial charge in [0.25, 0.3) is 0 Å². The summed E-state index contributed by atoms with van der Waals surface area (Å²) in [6.45, 7) is 90.8. The first-order valence-corrected chi connectivity index (χ1v) is 88.2. The minimum Gasteiger partial charge on any atom is -0.437 e. The minimum atomic E-state index is -2.64. The molecule has 0 aliphatic carbocycles. The molecule has 0 atom stereocenters. The lowest BCUT2D eigenvalue weighted by Gasteiger charge is -2.44. The van der Waals surface area contributed by atoms with Crippen molar-refractivity contribution in [3.05, 3.63) is 0 Å². The Labute approximate surface area is 533 Å². The van der Waals surface area contributed by atoms with Crippen LogP contribution in [0.2, 0.25) is 288 Å². The first-order chi connectivity index (χ1) is 35.0. The molecule has 2 N–H and O–H groups in total. The van der Waals surface area contributed by atoms with Gasteiger partial charge in [-0.3, -0.25) is 0 Å². The lowest BCUT2D eigenvalue weighted by atomic mass is 11.8. The van der Waals surface area contributed by atoms with E-state index in [0.717, 1.165) is 0 Å². The zero-order valence-electron chi connectivity index (χ0n) is 61.8. The van der Waals surface area contributed by atoms with E-state index in [2.05, 4.69) is 210 Å². The molecular weight excluding hydrogens is 1390 g/mol. The van der Waals surface area contributed by atoms with Gasteiger partial charge < -0.3 is 79.5 Å². The van der Waals surface area contributed by atoms with Gasteiger partial charge in [-0.05, 0) is 288 Å². The quantitative estimate of drug-likeness (QED) is 0.0576. The first-order valence-electron chi connectivity index (χ1n) is 29.4. The van der Waals surface area contributed by atoms with Crippen molar-refractivity contribution in [3.8, 4) is 0 Å². The maximum Gasteiger partial charge on any atom is 0.320 e. The van der Waals surface area contributed by atoms with Crippen molar-refractivity contribution in [2.75, 3.05) is 0 Å². The number of hydrogen-bond acceptors (Lipinski definition) is 19. The Balaban J connectivity index is -0.00000129. The predicted octanol–water partition coefficient (Wildman–Crippen LogP) is 15.8. The van der Waals surface area contributed by atoms with Crippen LogP contribution in [-0.2, 0) is 70.0 Å². The van der Waals surface area contributed by atoms with Gasteiger partial charge in [-0.15, -0.1) is 0 Å². The minimum absolute atomic E-state index is 1.60. The van der Waals surface area contributed by atoms with E-state index in [4.69, 9.17) is 70.0 Å². The highest BCUT2D eigenvalue weighted by molar-refractivity contribution is 6.95. The van der Waals surface area contributed by atoms with Crippen LogP contribution < -0.4 is 0 Å². The third-order valence-corrected chi connectivity index (χ3v) is 77.5. The van der Waals surface area contributed by atoms with Crippen LogP contribution >= 0.6 is 0 Å². The fourth-order valence-corrected chi connectivity index (χ4v) is 104. The highest BCUT2D eigenvalue weighted by Crippen LogP contribution is 2.32. The Hall–Kier alpha value is 3.58. The van der Waals surface area contributed by atoms with Crippen molar-refractivity contribution in [3.63, 3.8) is 0 Å². The highest BCUT2D eigenvalue weighted by Gasteiger charge is 2.52. The molecule has 0 saturated heterocycles. The van der Waals surface area contributed by atoms with Gasteiger partial charge in [0.1, 0.15) is 0 Å². The molecule has 0 aliphatic rings. The average molecular weight is 1530 g/mol. The van der Waals surface area contributed by atoms with Crippen LogP contribution in [0.1, 0.15) is 0 Å². The van der Waals surface area contributed by atoms with Crippen LogP contribution in [-0.4, -0.2) is 180 Å². The molecule has 83 heavy (non-hydrogen) atoms. The Morgan fingerprint density at radius 1 is 0.120 bits per heavy atom. The SMILES string of the molecule is C[Si](C)(C)O[Si](C)(C)O[Si](C)(C)O[Si](C)(C)O.C[Si](C)(C)O[Si](C)(C)O[Si](C)(C)O[Si](C)(C)O[Si](C)(C)O[Si](C)(C)O.C[Si](C)(C)O[Si](C)(C)O[Si](C)(C)O[Si](C)(C)O[Si](C)(C)O[Si](C)(C)O[Si](C)(C)O[Si](C)(C)O[Si](C)(C)O[Si](C)(C)C. The summed E-state index contributed by atoms with van der Waals surface area (Å²) in [4.78, 5) is 19.9. The maximum atomic E-state index is 10.1. The Bertz CT molecular complexity index is 1820. The van der Waals surface area contributed by atoms with Gasteiger partial charge in [0.15, 0.2) is 33.3 Å². The summed E-state index contributed by atoms with van der Waals surface area (Å²) in [6, 6.07) is 0. The van der Waals surface area contributed by atoms with Gasteiger partial charge in [0, 0.05) is 0 Å². The van der Waals surface area contributed by atoms with E-state index in [1.807, 2.05) is 52.4 Å². The molecule has 0 rings (SSSR count). The summed E-state index contributed by atoms with van der Waals surface area (Å²) in [5.41, 5.74) is 0. The summed E-state index contributed by atoms with van der Waals surface area (Å²) >= 11 is 0. The summed E-state index contributed by atoms with van der Waals surface area (Å²) in [7, 11) is -46.1. The van der Waals surface area contributed by atoms with Crippen LogP contribution in [0.4, 0.5) is 0 Å². The van der Waals surface area contributed by atoms with Crippen molar-refractivity contribution < 1.29 is 79.5 Å². The fraction of sp³-hybridized carbons (Fsp3) is 1.00. The van der Waals surface area contributed by atoms with E-state index >= 15 is 0 Å². The maximum absolute atomic E-state index is 10.1. The smallest absolute Gasteiger partial charge is 0.320 e. The van der Waals surface area contributed by atoms with Crippen LogP contribution in [0.5, 0.6) is 0 Å². The van der Waals surface area contributed by atoms with E-state index < -0.39 is 170 Å². The van der Waals surface area contributed by atoms with Crippen LogP contribution in [0.3, 0.4) is 0 Å². The second-order valence-corrected chi connectivity index (χ2v) is 108. The van der Waals surface area contributed by atoms with Gasteiger partial charge in [0.05, 0.1) is 0 Å². The largest absolute Gasteiger partial charge is 0.437 e. The summed E-state index contributed by atoms with van der Waals surface area (Å²) in [5, 5.41) is 0. The summed E-state index contributed by atoms with van der Waals surface area (Å²) in [6.07, 6.45) is 0. The molecule has 0 spiro atoms. The normalized spacial score (nSPS) is 15.7. The molecular formula is C44H134O19Si20. The molecule has 0 amide bonds. The molecule has 19 nitrogen and oxygen atoms in total. The molecule has 0 aliphatic heterocycles. The number of hydrogen-bond donors (Lipinski definition) is 2. The first kappa shape index (κ1) is 90.8. The van der Waals surface area contributed by atoms with Crippen molar-refractivity contribution in [2.24, 2.45) is 0 Å². The molecule has 0 aromatic carbocycles. The van der Waals surface area contributed by atoms with Crippen LogP contribution in [0, 0.1) is 0 Å². The van der Waals surface area contributed by atoms with E-state index in [1.165, 1.54) is 0 Å². The van der Waals surface area contributed by atoms with E-state index in [1.54, 1.807) is 26.2 Å². The molecule has 0 aromatic heterocycles. The second kappa shape index (κ2) is 31.0. The summed E-state index contributed by atoms with van der Waals surface area (Å²) in [5.74, 6) is 0. The zero-order valence-corrected chi connectivity index (χ0v) is 81.8. The van der Waals surface area contributed by atoms with Crippen LogP contribution in [0.25, 0.3) is 0 Å². The average Bonchev–Trinajstić information content (AvgIpc) is 2.90. The second-order valence-electron chi connectivity index (χ2n) is 32.7. The monoisotopic (exact) mass is 1530 g/mol. The third kappa shape index (κ3) is 53.6. The molecule has 0 unspecified atom stereocenters. The molecule has 504 valence electrons. The van der Waals surface area contributed by atoms with E-state index in [9.17, 15) is 9.59 Å². The van der Waals surface area contributed by atoms with E-state index in [-0.39, 0.29) is 0 Å². The lowest BCUT2D eigenvalue weighted by Crippen LogP contribution is -2.62. The highest BCUT2D eigenvalue weighted by atomic mass is 28.5. The molecule has 0 aromatic rings. The van der Waals surface area contributed by atoms with Gasteiger partial charge in [-0.25, -0.2) is 0 Å². The lowest BCUT2D eigenvalue weighted by molar-refractivity contribution is 0.256.